The second-order valence-electron chi connectivity index (χ2n) is 3.75. The highest BCUT2D eigenvalue weighted by atomic mass is 35.5. The Labute approximate surface area is 119 Å². The number of hydrogen-bond acceptors (Lipinski definition) is 3. The number of anilines is 1. The highest BCUT2D eigenvalue weighted by Gasteiger charge is 2.31. The second-order valence-corrected chi connectivity index (χ2v) is 3.75. The number of benzene rings is 1. The Bertz CT molecular complexity index is 646. The van der Waals surface area contributed by atoms with E-state index >= 15 is 0 Å². The molecule has 0 saturated carbocycles. The average molecular weight is 306 g/mol. The number of rotatable bonds is 3. The van der Waals surface area contributed by atoms with E-state index in [0.29, 0.717) is 17.0 Å². The Morgan fingerprint density at radius 1 is 1.45 bits per heavy atom. The molecule has 4 nitrogen and oxygen atoms in total. The number of imidazole rings is 1. The monoisotopic (exact) mass is 305 g/mol. The molecule has 1 aromatic heterocycles. The standard InChI is InChI=1S/C12H10F3N3O.ClH/c1-3-6-16-11-17-9-7-8(19-12(13,14)15)4-5-10(9)18(11)2;/h1,4-5,7H,6H2,2H3,(H,16,17);1H. The van der Waals surface area contributed by atoms with Gasteiger partial charge in [0.15, 0.2) is 0 Å². The van der Waals surface area contributed by atoms with Gasteiger partial charge in [-0.15, -0.1) is 32.0 Å². The second kappa shape index (κ2) is 5.92. The summed E-state index contributed by atoms with van der Waals surface area (Å²) in [5.41, 5.74) is 1.07. The van der Waals surface area contributed by atoms with Crippen LogP contribution in [0.15, 0.2) is 18.2 Å². The molecule has 0 spiro atoms. The minimum Gasteiger partial charge on any atom is -0.406 e. The van der Waals surface area contributed by atoms with E-state index in [-0.39, 0.29) is 24.7 Å². The molecule has 2 aromatic rings. The Balaban J connectivity index is 0.00000200. The van der Waals surface area contributed by atoms with Gasteiger partial charge in [0.2, 0.25) is 5.95 Å². The van der Waals surface area contributed by atoms with Gasteiger partial charge in [-0.3, -0.25) is 0 Å². The topological polar surface area (TPSA) is 39.1 Å². The Kier molecular flexibility index (Phi) is 4.73. The third-order valence-corrected chi connectivity index (χ3v) is 2.43. The molecule has 1 N–H and O–H groups in total. The van der Waals surface area contributed by atoms with E-state index in [1.165, 1.54) is 18.2 Å². The number of nitrogens with zero attached hydrogens (tertiary/aromatic N) is 2. The van der Waals surface area contributed by atoms with Crippen LogP contribution in [0.4, 0.5) is 19.1 Å². The molecule has 0 bridgehead atoms. The average Bonchev–Trinajstić information content (AvgIpc) is 2.61. The summed E-state index contributed by atoms with van der Waals surface area (Å²) >= 11 is 0. The molecule has 1 aromatic carbocycles. The number of nitrogens with one attached hydrogen (secondary N) is 1. The fourth-order valence-electron chi connectivity index (χ4n) is 1.66. The van der Waals surface area contributed by atoms with Gasteiger partial charge in [-0.25, -0.2) is 4.98 Å². The molecule has 108 valence electrons. The van der Waals surface area contributed by atoms with E-state index < -0.39 is 6.36 Å². The lowest BCUT2D eigenvalue weighted by atomic mass is 10.3. The molecule has 8 heteroatoms. The van der Waals surface area contributed by atoms with Gasteiger partial charge in [0.05, 0.1) is 17.6 Å². The van der Waals surface area contributed by atoms with Crippen molar-refractivity contribution in [3.05, 3.63) is 18.2 Å². The summed E-state index contributed by atoms with van der Waals surface area (Å²) in [6.07, 6.45) is 0.404. The lowest BCUT2D eigenvalue weighted by Gasteiger charge is -2.08. The zero-order valence-electron chi connectivity index (χ0n) is 10.4. The lowest BCUT2D eigenvalue weighted by molar-refractivity contribution is -0.274. The summed E-state index contributed by atoms with van der Waals surface area (Å²) < 4.78 is 41.9. The van der Waals surface area contributed by atoms with Crippen molar-refractivity contribution < 1.29 is 17.9 Å². The lowest BCUT2D eigenvalue weighted by Crippen LogP contribution is -2.16. The normalized spacial score (nSPS) is 10.8. The SMILES string of the molecule is C#CCNc1nc2cc(OC(F)(F)F)ccc2n1C.Cl. The van der Waals surface area contributed by atoms with Crippen LogP contribution in [-0.2, 0) is 7.05 Å². The van der Waals surface area contributed by atoms with E-state index in [1.807, 2.05) is 0 Å². The predicted molar refractivity (Wildman–Crippen MR) is 72.0 cm³/mol. The molecule has 0 aliphatic heterocycles. The molecule has 0 aliphatic carbocycles. The summed E-state index contributed by atoms with van der Waals surface area (Å²) in [6.45, 7) is 0.281. The molecular weight excluding hydrogens is 295 g/mol. The van der Waals surface area contributed by atoms with Crippen LogP contribution in [-0.4, -0.2) is 22.5 Å². The van der Waals surface area contributed by atoms with Crippen molar-refractivity contribution in [3.63, 3.8) is 0 Å². The van der Waals surface area contributed by atoms with E-state index in [9.17, 15) is 13.2 Å². The van der Waals surface area contributed by atoms with Gasteiger partial charge in [0.1, 0.15) is 5.75 Å². The smallest absolute Gasteiger partial charge is 0.406 e. The first-order valence-electron chi connectivity index (χ1n) is 5.30. The van der Waals surface area contributed by atoms with Gasteiger partial charge in [0.25, 0.3) is 0 Å². The number of terminal acetylenes is 1. The molecule has 20 heavy (non-hydrogen) atoms. The Hall–Kier alpha value is -2.07. The van der Waals surface area contributed by atoms with Crippen molar-refractivity contribution in [2.24, 2.45) is 7.05 Å². The van der Waals surface area contributed by atoms with Crippen LogP contribution in [0.5, 0.6) is 5.75 Å². The molecule has 1 heterocycles. The number of halogens is 4. The number of aryl methyl sites for hydroxylation is 1. The van der Waals surface area contributed by atoms with Crippen LogP contribution in [0.1, 0.15) is 0 Å². The first kappa shape index (κ1) is 16.0. The van der Waals surface area contributed by atoms with Crippen LogP contribution >= 0.6 is 12.4 Å². The number of fused-ring (bicyclic) bond motifs is 1. The fraction of sp³-hybridized carbons (Fsp3) is 0.250. The third-order valence-electron chi connectivity index (χ3n) is 2.43. The van der Waals surface area contributed by atoms with Crippen LogP contribution in [0.25, 0.3) is 11.0 Å². The highest BCUT2D eigenvalue weighted by molar-refractivity contribution is 5.85. The van der Waals surface area contributed by atoms with E-state index in [0.717, 1.165) is 0 Å². The van der Waals surface area contributed by atoms with E-state index in [4.69, 9.17) is 6.42 Å². The van der Waals surface area contributed by atoms with Crippen molar-refractivity contribution in [3.8, 4) is 18.1 Å². The van der Waals surface area contributed by atoms with Crippen LogP contribution in [0.2, 0.25) is 0 Å². The zero-order valence-corrected chi connectivity index (χ0v) is 11.2. The van der Waals surface area contributed by atoms with Gasteiger partial charge in [-0.05, 0) is 12.1 Å². The summed E-state index contributed by atoms with van der Waals surface area (Å²) in [5.74, 6) is 2.57. The summed E-state index contributed by atoms with van der Waals surface area (Å²) in [4.78, 5) is 4.15. The molecule has 0 amide bonds. The maximum absolute atomic E-state index is 12.1. The van der Waals surface area contributed by atoms with Crippen LogP contribution in [0, 0.1) is 12.3 Å². The summed E-state index contributed by atoms with van der Waals surface area (Å²) in [5, 5.41) is 2.87. The predicted octanol–water partition coefficient (Wildman–Crippen LogP) is 2.94. The van der Waals surface area contributed by atoms with Crippen molar-refractivity contribution in [2.45, 2.75) is 6.36 Å². The Morgan fingerprint density at radius 2 is 2.15 bits per heavy atom. The van der Waals surface area contributed by atoms with Gasteiger partial charge < -0.3 is 14.6 Å². The first-order chi connectivity index (χ1) is 8.90. The number of alkyl halides is 3. The third kappa shape index (κ3) is 3.48. The molecule has 0 aliphatic rings. The van der Waals surface area contributed by atoms with Gasteiger partial charge in [-0.2, -0.15) is 0 Å². The molecule has 0 unspecified atom stereocenters. The summed E-state index contributed by atoms with van der Waals surface area (Å²) in [6, 6.07) is 3.97. The van der Waals surface area contributed by atoms with Crippen molar-refractivity contribution in [1.29, 1.82) is 0 Å². The zero-order chi connectivity index (χ0) is 14.0. The highest BCUT2D eigenvalue weighted by Crippen LogP contribution is 2.27. The van der Waals surface area contributed by atoms with Gasteiger partial charge >= 0.3 is 6.36 Å². The van der Waals surface area contributed by atoms with Crippen molar-refractivity contribution >= 4 is 29.4 Å². The molecule has 0 fully saturated rings. The Morgan fingerprint density at radius 3 is 2.75 bits per heavy atom. The molecule has 0 atom stereocenters. The number of aromatic nitrogens is 2. The quantitative estimate of drug-likeness (QED) is 0.886. The van der Waals surface area contributed by atoms with E-state index in [2.05, 4.69) is 21.0 Å². The fourth-order valence-corrected chi connectivity index (χ4v) is 1.66. The maximum Gasteiger partial charge on any atom is 0.573 e. The van der Waals surface area contributed by atoms with Crippen molar-refractivity contribution in [1.82, 2.24) is 9.55 Å². The molecule has 0 radical (unpaired) electrons. The molecular formula is C12H11ClF3N3O. The maximum atomic E-state index is 12.1. The number of ether oxygens (including phenoxy) is 1. The van der Waals surface area contributed by atoms with E-state index in [1.54, 1.807) is 11.6 Å². The molecule has 0 saturated heterocycles. The van der Waals surface area contributed by atoms with Crippen LogP contribution < -0.4 is 10.1 Å². The number of hydrogen-bond donors (Lipinski definition) is 1. The minimum atomic E-state index is -4.72. The van der Waals surface area contributed by atoms with Gasteiger partial charge in [0, 0.05) is 13.1 Å². The molecule has 2 rings (SSSR count). The summed E-state index contributed by atoms with van der Waals surface area (Å²) in [7, 11) is 1.73. The van der Waals surface area contributed by atoms with Crippen LogP contribution in [0.3, 0.4) is 0 Å². The largest absolute Gasteiger partial charge is 0.573 e. The van der Waals surface area contributed by atoms with Gasteiger partial charge in [-0.1, -0.05) is 5.92 Å². The minimum absolute atomic E-state index is 0. The van der Waals surface area contributed by atoms with Crippen molar-refractivity contribution in [2.75, 3.05) is 11.9 Å². The first-order valence-corrected chi connectivity index (χ1v) is 5.30.